The zero-order chi connectivity index (χ0) is 12.4. The second kappa shape index (κ2) is 4.75. The molecule has 1 atom stereocenters. The second-order valence-electron chi connectivity index (χ2n) is 3.73. The third kappa shape index (κ3) is 2.26. The van der Waals surface area contributed by atoms with Crippen molar-refractivity contribution in [2.24, 2.45) is 0 Å². The molecule has 6 heteroatoms. The van der Waals surface area contributed by atoms with Crippen molar-refractivity contribution in [3.63, 3.8) is 0 Å². The topological polar surface area (TPSA) is 59.5 Å². The van der Waals surface area contributed by atoms with Gasteiger partial charge >= 0.3 is 5.97 Å². The maximum absolute atomic E-state index is 11.7. The number of methoxy groups -OCH3 is 1. The minimum Gasteiger partial charge on any atom is -0.464 e. The molecule has 0 aliphatic carbocycles. The van der Waals surface area contributed by atoms with Gasteiger partial charge < -0.3 is 9.64 Å². The van der Waals surface area contributed by atoms with E-state index in [0.717, 1.165) is 0 Å². The summed E-state index contributed by atoms with van der Waals surface area (Å²) in [6.45, 7) is 0.484. The first kappa shape index (κ1) is 11.9. The summed E-state index contributed by atoms with van der Waals surface area (Å²) in [6.07, 6.45) is 1.87. The largest absolute Gasteiger partial charge is 0.464 e. The zero-order valence-corrected chi connectivity index (χ0v) is 10.2. The van der Waals surface area contributed by atoms with E-state index in [2.05, 4.69) is 22.3 Å². The second-order valence-corrected chi connectivity index (χ2v) is 4.46. The van der Waals surface area contributed by atoms with Crippen LogP contribution in [0.5, 0.6) is 0 Å². The van der Waals surface area contributed by atoms with Crippen molar-refractivity contribution in [1.29, 1.82) is 0 Å². The molecule has 0 saturated carbocycles. The number of aromatic nitrogens is 1. The molecule has 0 aromatic carbocycles. The lowest BCUT2D eigenvalue weighted by Crippen LogP contribution is -2.27. The lowest BCUT2D eigenvalue weighted by molar-refractivity contribution is -0.117. The Hall–Kier alpha value is -1.56. The van der Waals surface area contributed by atoms with Crippen molar-refractivity contribution >= 4 is 30.2 Å². The molecule has 1 unspecified atom stereocenters. The van der Waals surface area contributed by atoms with Crippen molar-refractivity contribution in [1.82, 2.24) is 4.98 Å². The van der Waals surface area contributed by atoms with E-state index in [1.54, 1.807) is 12.1 Å². The number of thiol groups is 1. The molecule has 1 aliphatic rings. The van der Waals surface area contributed by atoms with E-state index in [-0.39, 0.29) is 16.9 Å². The van der Waals surface area contributed by atoms with Crippen LogP contribution in [0.2, 0.25) is 0 Å². The van der Waals surface area contributed by atoms with Gasteiger partial charge in [-0.3, -0.25) is 4.79 Å². The lowest BCUT2D eigenvalue weighted by Gasteiger charge is -2.17. The molecule has 2 heterocycles. The van der Waals surface area contributed by atoms with E-state index in [0.29, 0.717) is 18.7 Å². The first-order valence-corrected chi connectivity index (χ1v) is 5.67. The summed E-state index contributed by atoms with van der Waals surface area (Å²) in [5.41, 5.74) is 0.645. The van der Waals surface area contributed by atoms with Gasteiger partial charge in [0.2, 0.25) is 5.91 Å². The summed E-state index contributed by atoms with van der Waals surface area (Å²) in [4.78, 5) is 28.8. The Morgan fingerprint density at radius 1 is 1.65 bits per heavy atom. The Balaban J connectivity index is 2.38. The average Bonchev–Trinajstić information content (AvgIpc) is 2.67. The molecule has 0 radical (unpaired) electrons. The molecule has 90 valence electrons. The van der Waals surface area contributed by atoms with Crippen LogP contribution in [-0.4, -0.2) is 35.8 Å². The third-order valence-corrected chi connectivity index (χ3v) is 2.91. The normalized spacial score (nSPS) is 19.5. The molecule has 1 amide bonds. The number of esters is 1. The molecule has 0 bridgehead atoms. The fourth-order valence-corrected chi connectivity index (χ4v) is 2.11. The summed E-state index contributed by atoms with van der Waals surface area (Å²) in [5, 5.41) is -0.00629. The van der Waals surface area contributed by atoms with Crippen LogP contribution in [0.25, 0.3) is 0 Å². The van der Waals surface area contributed by atoms with Crippen LogP contribution in [0.15, 0.2) is 18.3 Å². The maximum Gasteiger partial charge on any atom is 0.358 e. The molecule has 1 aromatic heterocycles. The highest BCUT2D eigenvalue weighted by Gasteiger charge is 2.31. The monoisotopic (exact) mass is 252 g/mol. The summed E-state index contributed by atoms with van der Waals surface area (Å²) in [6, 6.07) is 3.36. The quantitative estimate of drug-likeness (QED) is 0.627. The Bertz CT molecular complexity index is 464. The van der Waals surface area contributed by atoms with E-state index >= 15 is 0 Å². The van der Waals surface area contributed by atoms with E-state index in [9.17, 15) is 9.59 Å². The highest BCUT2D eigenvalue weighted by atomic mass is 32.1. The highest BCUT2D eigenvalue weighted by Crippen LogP contribution is 2.26. The third-order valence-electron chi connectivity index (χ3n) is 2.56. The molecule has 1 saturated heterocycles. The van der Waals surface area contributed by atoms with E-state index in [4.69, 9.17) is 0 Å². The van der Waals surface area contributed by atoms with Crippen LogP contribution in [-0.2, 0) is 9.53 Å². The molecule has 1 aromatic rings. The Labute approximate surface area is 104 Å². The number of rotatable bonds is 2. The number of pyridine rings is 1. The van der Waals surface area contributed by atoms with E-state index in [1.165, 1.54) is 18.2 Å². The lowest BCUT2D eigenvalue weighted by atomic mass is 10.2. The number of ether oxygens (including phenoxy) is 1. The van der Waals surface area contributed by atoms with Gasteiger partial charge in [-0.05, 0) is 12.1 Å². The van der Waals surface area contributed by atoms with Crippen molar-refractivity contribution < 1.29 is 14.3 Å². The van der Waals surface area contributed by atoms with Crippen LogP contribution in [0.1, 0.15) is 16.9 Å². The number of amides is 1. The molecule has 0 N–H and O–H groups in total. The molecule has 17 heavy (non-hydrogen) atoms. The number of nitrogens with zero attached hydrogens (tertiary/aromatic N) is 2. The molecule has 0 spiro atoms. The van der Waals surface area contributed by atoms with Crippen molar-refractivity contribution in [2.45, 2.75) is 11.7 Å². The first-order valence-electron chi connectivity index (χ1n) is 5.15. The van der Waals surface area contributed by atoms with Crippen LogP contribution in [0.4, 0.5) is 5.69 Å². The summed E-state index contributed by atoms with van der Waals surface area (Å²) >= 11 is 4.27. The molecule has 1 fully saturated rings. The van der Waals surface area contributed by atoms with Gasteiger partial charge in [-0.25, -0.2) is 9.78 Å². The Morgan fingerprint density at radius 2 is 2.41 bits per heavy atom. The summed E-state index contributed by atoms with van der Waals surface area (Å²) in [7, 11) is 1.29. The van der Waals surface area contributed by atoms with E-state index < -0.39 is 5.97 Å². The highest BCUT2D eigenvalue weighted by molar-refractivity contribution is 7.81. The van der Waals surface area contributed by atoms with Gasteiger partial charge in [-0.1, -0.05) is 0 Å². The summed E-state index contributed by atoms with van der Waals surface area (Å²) in [5.74, 6) is -0.598. The van der Waals surface area contributed by atoms with Gasteiger partial charge in [0.25, 0.3) is 0 Å². The average molecular weight is 252 g/mol. The molecule has 2 rings (SSSR count). The molecule has 5 nitrogen and oxygen atoms in total. The van der Waals surface area contributed by atoms with Crippen molar-refractivity contribution in [3.8, 4) is 0 Å². The van der Waals surface area contributed by atoms with Gasteiger partial charge in [-0.15, -0.1) is 0 Å². The van der Waals surface area contributed by atoms with Gasteiger partial charge in [0.15, 0.2) is 5.69 Å². The number of hydrogen-bond acceptors (Lipinski definition) is 5. The molecular formula is C11H12N2O3S. The molecule has 1 aliphatic heterocycles. The number of hydrogen-bond donors (Lipinski definition) is 1. The van der Waals surface area contributed by atoms with Crippen LogP contribution >= 0.6 is 12.6 Å². The smallest absolute Gasteiger partial charge is 0.358 e. The molecular weight excluding hydrogens is 240 g/mol. The minimum atomic E-state index is -0.545. The van der Waals surface area contributed by atoms with Crippen molar-refractivity contribution in [3.05, 3.63) is 24.0 Å². The van der Waals surface area contributed by atoms with Gasteiger partial charge in [0.05, 0.1) is 12.8 Å². The predicted octanol–water partition coefficient (Wildman–Crippen LogP) is 0.903. The SMILES string of the molecule is COC(=O)c1ncccc1N1CC(S)CC1=O. The van der Waals surface area contributed by atoms with Crippen molar-refractivity contribution in [2.75, 3.05) is 18.6 Å². The summed E-state index contributed by atoms with van der Waals surface area (Å²) < 4.78 is 4.64. The van der Waals surface area contributed by atoms with E-state index in [1.807, 2.05) is 0 Å². The number of anilines is 1. The van der Waals surface area contributed by atoms with Crippen LogP contribution in [0, 0.1) is 0 Å². The standard InChI is InChI=1S/C11H12N2O3S/c1-16-11(15)10-8(3-2-4-12-10)13-6-7(17)5-9(13)14/h2-4,7,17H,5-6H2,1H3. The number of carbonyl (C=O) groups excluding carboxylic acids is 2. The Morgan fingerprint density at radius 3 is 3.00 bits per heavy atom. The fourth-order valence-electron chi connectivity index (χ4n) is 1.79. The maximum atomic E-state index is 11.7. The van der Waals surface area contributed by atoms with Gasteiger partial charge in [0, 0.05) is 24.4 Å². The zero-order valence-electron chi connectivity index (χ0n) is 9.29. The predicted molar refractivity (Wildman–Crippen MR) is 65.3 cm³/mol. The first-order chi connectivity index (χ1) is 8.13. The minimum absolute atomic E-state index is 0.00629. The Kier molecular flexibility index (Phi) is 3.33. The van der Waals surface area contributed by atoms with Gasteiger partial charge in [0.1, 0.15) is 0 Å². The van der Waals surface area contributed by atoms with Crippen LogP contribution < -0.4 is 4.90 Å². The van der Waals surface area contributed by atoms with Crippen LogP contribution in [0.3, 0.4) is 0 Å². The van der Waals surface area contributed by atoms with Gasteiger partial charge in [-0.2, -0.15) is 12.6 Å². The fraction of sp³-hybridized carbons (Fsp3) is 0.364. The number of carbonyl (C=O) groups is 2.